The van der Waals surface area contributed by atoms with E-state index in [1.54, 1.807) is 0 Å². The summed E-state index contributed by atoms with van der Waals surface area (Å²) in [6.45, 7) is 7.23. The Hall–Kier alpha value is -1.51. The number of rotatable bonds is 6. The number of ether oxygens (including phenoxy) is 1. The Balaban J connectivity index is 2.13. The second-order valence-electron chi connectivity index (χ2n) is 6.04. The Kier molecular flexibility index (Phi) is 5.05. The van der Waals surface area contributed by atoms with Gasteiger partial charge in [-0.05, 0) is 36.5 Å². The van der Waals surface area contributed by atoms with Crippen LogP contribution in [0.5, 0.6) is 5.75 Å². The second kappa shape index (κ2) is 6.78. The quantitative estimate of drug-likeness (QED) is 0.863. The second-order valence-corrected chi connectivity index (χ2v) is 6.04. The number of benzene rings is 1. The molecule has 0 spiro atoms. The fraction of sp³-hybridized carbons (Fsp3) is 0.588. The molecular weight excluding hydrogens is 250 g/mol. The summed E-state index contributed by atoms with van der Waals surface area (Å²) in [7, 11) is 0. The molecule has 2 atom stereocenters. The molecule has 0 saturated carbocycles. The highest BCUT2D eigenvalue weighted by Gasteiger charge is 2.33. The van der Waals surface area contributed by atoms with Gasteiger partial charge in [0.15, 0.2) is 0 Å². The summed E-state index contributed by atoms with van der Waals surface area (Å²) in [6.07, 6.45) is 2.62. The van der Waals surface area contributed by atoms with E-state index in [4.69, 9.17) is 4.74 Å². The molecule has 20 heavy (non-hydrogen) atoms. The first-order valence-corrected chi connectivity index (χ1v) is 7.62. The van der Waals surface area contributed by atoms with Gasteiger partial charge < -0.3 is 10.1 Å². The highest BCUT2D eigenvalue weighted by molar-refractivity contribution is 5.80. The average Bonchev–Trinajstić information content (AvgIpc) is 2.76. The summed E-state index contributed by atoms with van der Waals surface area (Å²) in [6, 6.07) is 8.46. The van der Waals surface area contributed by atoms with Gasteiger partial charge in [-0.2, -0.15) is 0 Å². The van der Waals surface area contributed by atoms with E-state index in [0.29, 0.717) is 12.3 Å². The largest absolute Gasteiger partial charge is 0.494 e. The fourth-order valence-corrected chi connectivity index (χ4v) is 2.84. The summed E-state index contributed by atoms with van der Waals surface area (Å²) >= 11 is 0. The van der Waals surface area contributed by atoms with Crippen LogP contribution < -0.4 is 10.1 Å². The number of carbonyl (C=O) groups excluding carboxylic acids is 1. The average molecular weight is 275 g/mol. The van der Waals surface area contributed by atoms with E-state index < -0.39 is 0 Å². The molecule has 1 saturated heterocycles. The molecule has 1 heterocycles. The molecule has 0 aliphatic carbocycles. The van der Waals surface area contributed by atoms with Crippen LogP contribution in [-0.4, -0.2) is 18.6 Å². The number of carbonyl (C=O) groups is 1. The van der Waals surface area contributed by atoms with Crippen molar-refractivity contribution in [2.24, 2.45) is 5.92 Å². The van der Waals surface area contributed by atoms with E-state index in [0.717, 1.165) is 25.2 Å². The topological polar surface area (TPSA) is 38.3 Å². The molecule has 1 aromatic carbocycles. The molecule has 1 fully saturated rings. The summed E-state index contributed by atoms with van der Waals surface area (Å²) in [5.74, 6) is 1.93. The minimum Gasteiger partial charge on any atom is -0.494 e. The summed E-state index contributed by atoms with van der Waals surface area (Å²) < 4.78 is 5.69. The van der Waals surface area contributed by atoms with Crippen molar-refractivity contribution in [3.8, 4) is 5.75 Å². The van der Waals surface area contributed by atoms with Gasteiger partial charge in [-0.3, -0.25) is 4.79 Å². The van der Waals surface area contributed by atoms with Gasteiger partial charge in [0.25, 0.3) is 0 Å². The monoisotopic (exact) mass is 275 g/mol. The van der Waals surface area contributed by atoms with Crippen LogP contribution >= 0.6 is 0 Å². The molecule has 1 aromatic rings. The SMILES string of the molecule is CCCOc1cccc(C2CC(=O)NC2CC(C)C)c1. The highest BCUT2D eigenvalue weighted by Crippen LogP contribution is 2.33. The van der Waals surface area contributed by atoms with Gasteiger partial charge in [0.1, 0.15) is 5.75 Å². The zero-order valence-corrected chi connectivity index (χ0v) is 12.7. The van der Waals surface area contributed by atoms with Crippen LogP contribution in [0.15, 0.2) is 24.3 Å². The first-order chi connectivity index (χ1) is 9.60. The van der Waals surface area contributed by atoms with E-state index in [9.17, 15) is 4.79 Å². The van der Waals surface area contributed by atoms with Gasteiger partial charge in [0.05, 0.1) is 6.61 Å². The van der Waals surface area contributed by atoms with Crippen molar-refractivity contribution in [2.75, 3.05) is 6.61 Å². The van der Waals surface area contributed by atoms with Gasteiger partial charge in [0, 0.05) is 18.4 Å². The maximum absolute atomic E-state index is 11.7. The predicted octanol–water partition coefficient (Wildman–Crippen LogP) is 3.49. The number of amides is 1. The molecule has 2 unspecified atom stereocenters. The van der Waals surface area contributed by atoms with Crippen molar-refractivity contribution in [2.45, 2.75) is 52.0 Å². The molecule has 1 aliphatic heterocycles. The van der Waals surface area contributed by atoms with Crippen molar-refractivity contribution < 1.29 is 9.53 Å². The smallest absolute Gasteiger partial charge is 0.220 e. The molecule has 0 aromatic heterocycles. The Morgan fingerprint density at radius 1 is 1.40 bits per heavy atom. The van der Waals surface area contributed by atoms with Gasteiger partial charge >= 0.3 is 0 Å². The Labute approximate surface area is 121 Å². The summed E-state index contributed by atoms with van der Waals surface area (Å²) in [5.41, 5.74) is 1.21. The third-order valence-electron chi connectivity index (χ3n) is 3.72. The highest BCUT2D eigenvalue weighted by atomic mass is 16.5. The zero-order valence-electron chi connectivity index (χ0n) is 12.7. The molecule has 1 aliphatic rings. The lowest BCUT2D eigenvalue weighted by Gasteiger charge is -2.21. The molecule has 110 valence electrons. The lowest BCUT2D eigenvalue weighted by molar-refractivity contribution is -0.119. The molecule has 0 bridgehead atoms. The molecule has 1 N–H and O–H groups in total. The van der Waals surface area contributed by atoms with Gasteiger partial charge in [-0.25, -0.2) is 0 Å². The van der Waals surface area contributed by atoms with E-state index >= 15 is 0 Å². The predicted molar refractivity (Wildman–Crippen MR) is 81.0 cm³/mol. The molecule has 3 nitrogen and oxygen atoms in total. The normalized spacial score (nSPS) is 22.1. The van der Waals surface area contributed by atoms with Gasteiger partial charge in [0.2, 0.25) is 5.91 Å². The van der Waals surface area contributed by atoms with Crippen molar-refractivity contribution in [3.63, 3.8) is 0 Å². The van der Waals surface area contributed by atoms with Crippen LogP contribution in [0.2, 0.25) is 0 Å². The minimum absolute atomic E-state index is 0.167. The molecule has 0 radical (unpaired) electrons. The van der Waals surface area contributed by atoms with Gasteiger partial charge in [-0.1, -0.05) is 32.9 Å². The van der Waals surface area contributed by atoms with Crippen molar-refractivity contribution in [1.29, 1.82) is 0 Å². The first-order valence-electron chi connectivity index (χ1n) is 7.62. The van der Waals surface area contributed by atoms with Crippen LogP contribution in [0.1, 0.15) is 51.5 Å². The van der Waals surface area contributed by atoms with E-state index in [-0.39, 0.29) is 17.9 Å². The van der Waals surface area contributed by atoms with Crippen LogP contribution in [0, 0.1) is 5.92 Å². The van der Waals surface area contributed by atoms with E-state index in [1.165, 1.54) is 5.56 Å². The van der Waals surface area contributed by atoms with E-state index in [2.05, 4.69) is 38.2 Å². The molecular formula is C17H25NO2. The standard InChI is InChI=1S/C17H25NO2/c1-4-8-20-14-7-5-6-13(10-14)15-11-17(19)18-16(15)9-12(2)3/h5-7,10,12,15-16H,4,8-9,11H2,1-3H3,(H,18,19). The fourth-order valence-electron chi connectivity index (χ4n) is 2.84. The Bertz CT molecular complexity index is 456. The Morgan fingerprint density at radius 2 is 2.20 bits per heavy atom. The van der Waals surface area contributed by atoms with Gasteiger partial charge in [-0.15, -0.1) is 0 Å². The molecule has 2 rings (SSSR count). The lowest BCUT2D eigenvalue weighted by atomic mass is 9.87. The van der Waals surface area contributed by atoms with Crippen LogP contribution in [0.3, 0.4) is 0 Å². The minimum atomic E-state index is 0.167. The van der Waals surface area contributed by atoms with E-state index in [1.807, 2.05) is 12.1 Å². The Morgan fingerprint density at radius 3 is 2.90 bits per heavy atom. The maximum Gasteiger partial charge on any atom is 0.220 e. The van der Waals surface area contributed by atoms with Crippen molar-refractivity contribution >= 4 is 5.91 Å². The van der Waals surface area contributed by atoms with Crippen molar-refractivity contribution in [3.05, 3.63) is 29.8 Å². The number of hydrogen-bond acceptors (Lipinski definition) is 2. The van der Waals surface area contributed by atoms with Crippen LogP contribution in [0.4, 0.5) is 0 Å². The first kappa shape index (κ1) is 14.9. The number of hydrogen-bond donors (Lipinski definition) is 1. The lowest BCUT2D eigenvalue weighted by Crippen LogP contribution is -2.29. The molecule has 3 heteroatoms. The third-order valence-corrected chi connectivity index (χ3v) is 3.72. The third kappa shape index (κ3) is 3.75. The van der Waals surface area contributed by atoms with Crippen molar-refractivity contribution in [1.82, 2.24) is 5.32 Å². The van der Waals surface area contributed by atoms with Crippen LogP contribution in [0.25, 0.3) is 0 Å². The zero-order chi connectivity index (χ0) is 14.5. The molecule has 1 amide bonds. The summed E-state index contributed by atoms with van der Waals surface area (Å²) in [4.78, 5) is 11.7. The maximum atomic E-state index is 11.7. The summed E-state index contributed by atoms with van der Waals surface area (Å²) in [5, 5.41) is 3.12. The van der Waals surface area contributed by atoms with Crippen LogP contribution in [-0.2, 0) is 4.79 Å². The number of nitrogens with one attached hydrogen (secondary N) is 1.